The van der Waals surface area contributed by atoms with Crippen molar-refractivity contribution in [1.82, 2.24) is 4.98 Å². The molecule has 0 saturated carbocycles. The Kier molecular flexibility index (Phi) is 4.25. The quantitative estimate of drug-likeness (QED) is 0.617. The SMILES string of the molecule is CC(=Cc1cc(C)c(-c2ccc3[nH]c(C)c(C)c3c2)cc1C)C(=O)O. The maximum absolute atomic E-state index is 11.1. The summed E-state index contributed by atoms with van der Waals surface area (Å²) in [5.74, 6) is -0.884. The summed E-state index contributed by atoms with van der Waals surface area (Å²) in [6.07, 6.45) is 1.73. The van der Waals surface area contributed by atoms with E-state index >= 15 is 0 Å². The number of rotatable bonds is 3. The molecule has 0 aliphatic heterocycles. The second-order valence-electron chi connectivity index (χ2n) is 6.79. The molecular formula is C22H23NO2. The van der Waals surface area contributed by atoms with Gasteiger partial charge in [-0.25, -0.2) is 4.79 Å². The minimum atomic E-state index is -0.884. The summed E-state index contributed by atoms with van der Waals surface area (Å²) >= 11 is 0. The maximum atomic E-state index is 11.1. The predicted octanol–water partition coefficient (Wildman–Crippen LogP) is 5.56. The van der Waals surface area contributed by atoms with Gasteiger partial charge >= 0.3 is 5.97 Å². The van der Waals surface area contributed by atoms with Crippen LogP contribution in [-0.4, -0.2) is 16.1 Å². The number of aryl methyl sites for hydroxylation is 4. The summed E-state index contributed by atoms with van der Waals surface area (Å²) in [5.41, 5.74) is 9.51. The molecule has 0 aliphatic rings. The normalized spacial score (nSPS) is 12.0. The van der Waals surface area contributed by atoms with E-state index in [0.29, 0.717) is 5.57 Å². The summed E-state index contributed by atoms with van der Waals surface area (Å²) in [6, 6.07) is 10.7. The fourth-order valence-corrected chi connectivity index (χ4v) is 3.23. The number of carbonyl (C=O) groups is 1. The molecule has 0 unspecified atom stereocenters. The predicted molar refractivity (Wildman–Crippen MR) is 104 cm³/mol. The molecule has 2 aromatic carbocycles. The first-order chi connectivity index (χ1) is 11.8. The van der Waals surface area contributed by atoms with Gasteiger partial charge in [-0.05, 0) is 86.2 Å². The zero-order valence-electron chi connectivity index (χ0n) is 15.3. The number of aromatic nitrogens is 1. The first-order valence-electron chi connectivity index (χ1n) is 8.40. The van der Waals surface area contributed by atoms with E-state index in [9.17, 15) is 4.79 Å². The number of benzene rings is 2. The second kappa shape index (κ2) is 6.25. The Morgan fingerprint density at radius 1 is 1.04 bits per heavy atom. The van der Waals surface area contributed by atoms with E-state index in [1.807, 2.05) is 6.92 Å². The highest BCUT2D eigenvalue weighted by Gasteiger charge is 2.10. The molecule has 128 valence electrons. The molecule has 0 saturated heterocycles. The van der Waals surface area contributed by atoms with Crippen molar-refractivity contribution in [1.29, 1.82) is 0 Å². The molecule has 0 atom stereocenters. The highest BCUT2D eigenvalue weighted by molar-refractivity contribution is 5.92. The van der Waals surface area contributed by atoms with Crippen molar-refractivity contribution in [2.45, 2.75) is 34.6 Å². The standard InChI is InChI=1S/C22H23NO2/c1-12-10-19(13(2)8-18(12)9-14(3)22(24)25)17-6-7-21-20(11-17)15(4)16(5)23-21/h6-11,23H,1-5H3,(H,24,25). The lowest BCUT2D eigenvalue weighted by atomic mass is 9.93. The Hall–Kier alpha value is -2.81. The van der Waals surface area contributed by atoms with Crippen molar-refractivity contribution >= 4 is 22.9 Å². The Morgan fingerprint density at radius 3 is 2.44 bits per heavy atom. The summed E-state index contributed by atoms with van der Waals surface area (Å²) in [6.45, 7) is 9.95. The van der Waals surface area contributed by atoms with Crippen LogP contribution < -0.4 is 0 Å². The van der Waals surface area contributed by atoms with E-state index in [4.69, 9.17) is 5.11 Å². The highest BCUT2D eigenvalue weighted by Crippen LogP contribution is 2.31. The van der Waals surface area contributed by atoms with Gasteiger partial charge in [-0.15, -0.1) is 0 Å². The van der Waals surface area contributed by atoms with E-state index in [2.05, 4.69) is 56.1 Å². The summed E-state index contributed by atoms with van der Waals surface area (Å²) in [7, 11) is 0. The minimum Gasteiger partial charge on any atom is -0.478 e. The van der Waals surface area contributed by atoms with Gasteiger partial charge in [-0.3, -0.25) is 0 Å². The van der Waals surface area contributed by atoms with Gasteiger partial charge in [0.1, 0.15) is 0 Å². The molecular weight excluding hydrogens is 310 g/mol. The van der Waals surface area contributed by atoms with Gasteiger partial charge in [-0.1, -0.05) is 18.2 Å². The molecule has 0 spiro atoms. The Labute approximate surface area is 148 Å². The van der Waals surface area contributed by atoms with Crippen LogP contribution in [0.25, 0.3) is 28.1 Å². The number of aliphatic carboxylic acids is 1. The molecule has 0 radical (unpaired) electrons. The Balaban J connectivity index is 2.12. The van der Waals surface area contributed by atoms with E-state index < -0.39 is 5.97 Å². The van der Waals surface area contributed by atoms with Crippen LogP contribution in [0.15, 0.2) is 35.9 Å². The van der Waals surface area contributed by atoms with Crippen LogP contribution in [0.3, 0.4) is 0 Å². The van der Waals surface area contributed by atoms with Gasteiger partial charge in [0.05, 0.1) is 0 Å². The summed E-state index contributed by atoms with van der Waals surface area (Å²) in [4.78, 5) is 14.5. The average molecular weight is 333 g/mol. The number of aromatic amines is 1. The molecule has 25 heavy (non-hydrogen) atoms. The fraction of sp³-hybridized carbons (Fsp3) is 0.227. The molecule has 3 aromatic rings. The maximum Gasteiger partial charge on any atom is 0.331 e. The third-order valence-corrected chi connectivity index (χ3v) is 4.94. The number of carboxylic acid groups (broad SMARTS) is 1. The molecule has 0 bridgehead atoms. The van der Waals surface area contributed by atoms with Crippen molar-refractivity contribution in [3.05, 3.63) is 63.9 Å². The monoisotopic (exact) mass is 333 g/mol. The molecule has 0 amide bonds. The number of H-pyrrole nitrogens is 1. The first-order valence-corrected chi connectivity index (χ1v) is 8.40. The van der Waals surface area contributed by atoms with E-state index in [1.54, 1.807) is 13.0 Å². The third-order valence-electron chi connectivity index (χ3n) is 4.94. The topological polar surface area (TPSA) is 53.1 Å². The van der Waals surface area contributed by atoms with E-state index in [0.717, 1.165) is 22.2 Å². The van der Waals surface area contributed by atoms with Crippen LogP contribution in [0.5, 0.6) is 0 Å². The van der Waals surface area contributed by atoms with E-state index in [-0.39, 0.29) is 0 Å². The Morgan fingerprint density at radius 2 is 1.76 bits per heavy atom. The van der Waals surface area contributed by atoms with Gasteiger partial charge in [-0.2, -0.15) is 0 Å². The zero-order valence-corrected chi connectivity index (χ0v) is 15.3. The molecule has 1 aromatic heterocycles. The lowest BCUT2D eigenvalue weighted by molar-refractivity contribution is -0.132. The van der Waals surface area contributed by atoms with Crippen LogP contribution in [0.1, 0.15) is 34.9 Å². The molecule has 0 fully saturated rings. The van der Waals surface area contributed by atoms with Gasteiger partial charge < -0.3 is 10.1 Å². The van der Waals surface area contributed by atoms with Crippen LogP contribution in [-0.2, 0) is 4.79 Å². The van der Waals surface area contributed by atoms with Gasteiger partial charge in [0.15, 0.2) is 0 Å². The number of fused-ring (bicyclic) bond motifs is 1. The fourth-order valence-electron chi connectivity index (χ4n) is 3.23. The van der Waals surface area contributed by atoms with E-state index in [1.165, 1.54) is 27.8 Å². The minimum absolute atomic E-state index is 0.343. The number of nitrogens with one attached hydrogen (secondary N) is 1. The lowest BCUT2D eigenvalue weighted by Gasteiger charge is -2.11. The third kappa shape index (κ3) is 3.10. The van der Waals surface area contributed by atoms with Crippen molar-refractivity contribution in [2.24, 2.45) is 0 Å². The van der Waals surface area contributed by atoms with Crippen LogP contribution >= 0.6 is 0 Å². The molecule has 3 rings (SSSR count). The molecule has 2 N–H and O–H groups in total. The zero-order chi connectivity index (χ0) is 18.3. The van der Waals surface area contributed by atoms with Gasteiger partial charge in [0.25, 0.3) is 0 Å². The number of hydrogen-bond donors (Lipinski definition) is 2. The molecule has 0 aliphatic carbocycles. The van der Waals surface area contributed by atoms with Crippen LogP contribution in [0.2, 0.25) is 0 Å². The average Bonchev–Trinajstić information content (AvgIpc) is 2.84. The number of carboxylic acids is 1. The number of hydrogen-bond acceptors (Lipinski definition) is 1. The van der Waals surface area contributed by atoms with Gasteiger partial charge in [0.2, 0.25) is 0 Å². The second-order valence-corrected chi connectivity index (χ2v) is 6.79. The van der Waals surface area contributed by atoms with Crippen LogP contribution in [0.4, 0.5) is 0 Å². The van der Waals surface area contributed by atoms with Crippen molar-refractivity contribution in [2.75, 3.05) is 0 Å². The lowest BCUT2D eigenvalue weighted by Crippen LogP contribution is -1.97. The summed E-state index contributed by atoms with van der Waals surface area (Å²) in [5, 5.41) is 10.3. The van der Waals surface area contributed by atoms with Crippen LogP contribution in [0, 0.1) is 27.7 Å². The van der Waals surface area contributed by atoms with Crippen molar-refractivity contribution in [3.8, 4) is 11.1 Å². The molecule has 3 nitrogen and oxygen atoms in total. The van der Waals surface area contributed by atoms with Gasteiger partial charge in [0, 0.05) is 22.2 Å². The molecule has 1 heterocycles. The smallest absolute Gasteiger partial charge is 0.331 e. The van der Waals surface area contributed by atoms with Crippen molar-refractivity contribution < 1.29 is 9.90 Å². The largest absolute Gasteiger partial charge is 0.478 e. The summed E-state index contributed by atoms with van der Waals surface area (Å²) < 4.78 is 0. The Bertz CT molecular complexity index is 1020. The first kappa shape index (κ1) is 17.0. The highest BCUT2D eigenvalue weighted by atomic mass is 16.4. The molecule has 3 heteroatoms. The van der Waals surface area contributed by atoms with Crippen molar-refractivity contribution in [3.63, 3.8) is 0 Å².